The number of hydrogen-bond donors (Lipinski definition) is 0. The molecule has 0 amide bonds. The lowest BCUT2D eigenvalue weighted by atomic mass is 10.0. The molecule has 0 aliphatic rings. The maximum Gasteiger partial charge on any atom is 0.250 e. The fourth-order valence-electron chi connectivity index (χ4n) is 2.16. The Balaban J connectivity index is 2.61. The van der Waals surface area contributed by atoms with Crippen molar-refractivity contribution in [3.05, 3.63) is 55.1 Å². The Morgan fingerprint density at radius 3 is 2.21 bits per heavy atom. The van der Waals surface area contributed by atoms with Gasteiger partial charge in [0.2, 0.25) is 8.32 Å². The fourth-order valence-corrected chi connectivity index (χ4v) is 3.19. The van der Waals surface area contributed by atoms with Gasteiger partial charge in [-0.05, 0) is 55.1 Å². The van der Waals surface area contributed by atoms with E-state index in [1.54, 1.807) is 6.08 Å². The van der Waals surface area contributed by atoms with Gasteiger partial charge in [-0.3, -0.25) is 0 Å². The predicted octanol–water partition coefficient (Wildman–Crippen LogP) is 6.15. The zero-order valence-electron chi connectivity index (χ0n) is 16.1. The van der Waals surface area contributed by atoms with Crippen LogP contribution in [-0.2, 0) is 11.2 Å². The molecule has 0 N–H and O–H groups in total. The molecule has 0 spiro atoms. The van der Waals surface area contributed by atoms with E-state index in [1.807, 2.05) is 6.08 Å². The molecule has 24 heavy (non-hydrogen) atoms. The molecule has 0 bridgehead atoms. The number of ether oxygens (including phenoxy) is 1. The molecule has 0 fully saturated rings. The summed E-state index contributed by atoms with van der Waals surface area (Å²) in [6.45, 7) is 19.4. The molecule has 0 aliphatic heterocycles. The van der Waals surface area contributed by atoms with Crippen molar-refractivity contribution in [1.29, 1.82) is 0 Å². The van der Waals surface area contributed by atoms with E-state index in [-0.39, 0.29) is 11.1 Å². The Kier molecular flexibility index (Phi) is 7.97. The third-order valence-corrected chi connectivity index (χ3v) is 9.10. The van der Waals surface area contributed by atoms with Crippen LogP contribution in [0.25, 0.3) is 0 Å². The van der Waals surface area contributed by atoms with Crippen LogP contribution >= 0.6 is 0 Å². The third-order valence-electron chi connectivity index (χ3n) is 4.74. The van der Waals surface area contributed by atoms with Crippen molar-refractivity contribution in [3.63, 3.8) is 0 Å². The highest BCUT2D eigenvalue weighted by Gasteiger charge is 2.38. The normalized spacial score (nSPS) is 13.4. The number of aryl methyl sites for hydroxylation is 1. The van der Waals surface area contributed by atoms with E-state index in [0.717, 1.165) is 25.0 Å². The van der Waals surface area contributed by atoms with Gasteiger partial charge >= 0.3 is 0 Å². The molecule has 0 heterocycles. The highest BCUT2D eigenvalue weighted by molar-refractivity contribution is 6.74. The van der Waals surface area contributed by atoms with Crippen LogP contribution in [-0.4, -0.2) is 21.0 Å². The van der Waals surface area contributed by atoms with Crippen molar-refractivity contribution < 1.29 is 9.16 Å². The molecule has 1 atom stereocenters. The van der Waals surface area contributed by atoms with E-state index >= 15 is 0 Å². The Labute approximate surface area is 149 Å². The summed E-state index contributed by atoms with van der Waals surface area (Å²) in [7, 11) is -1.77. The summed E-state index contributed by atoms with van der Waals surface area (Å²) in [5.74, 6) is 0.982. The molecule has 0 aliphatic carbocycles. The van der Waals surface area contributed by atoms with Gasteiger partial charge in [0.15, 0.2) is 0 Å². The second kappa shape index (κ2) is 9.24. The maximum atomic E-state index is 6.33. The van der Waals surface area contributed by atoms with E-state index in [4.69, 9.17) is 9.16 Å². The van der Waals surface area contributed by atoms with Crippen molar-refractivity contribution in [3.8, 4) is 5.75 Å². The van der Waals surface area contributed by atoms with Crippen LogP contribution in [0.1, 0.15) is 39.2 Å². The first-order chi connectivity index (χ1) is 11.2. The van der Waals surface area contributed by atoms with Gasteiger partial charge < -0.3 is 9.16 Å². The van der Waals surface area contributed by atoms with Gasteiger partial charge in [0.25, 0.3) is 0 Å². The Bertz CT molecular complexity index is 512. The van der Waals surface area contributed by atoms with Crippen molar-refractivity contribution in [2.75, 3.05) is 6.61 Å². The van der Waals surface area contributed by atoms with Crippen molar-refractivity contribution in [2.24, 2.45) is 0 Å². The highest BCUT2D eigenvalue weighted by Crippen LogP contribution is 2.37. The van der Waals surface area contributed by atoms with Crippen molar-refractivity contribution >= 4 is 8.32 Å². The van der Waals surface area contributed by atoms with Crippen LogP contribution in [0.3, 0.4) is 0 Å². The van der Waals surface area contributed by atoms with Gasteiger partial charge in [-0.2, -0.15) is 0 Å². The van der Waals surface area contributed by atoms with E-state index in [9.17, 15) is 0 Å². The van der Waals surface area contributed by atoms with E-state index < -0.39 is 8.32 Å². The molecule has 0 saturated heterocycles. The van der Waals surface area contributed by atoms with Gasteiger partial charge in [0, 0.05) is 0 Å². The van der Waals surface area contributed by atoms with Crippen LogP contribution in [0.2, 0.25) is 18.1 Å². The zero-order valence-corrected chi connectivity index (χ0v) is 17.1. The molecule has 134 valence electrons. The molecule has 1 rings (SSSR count). The van der Waals surface area contributed by atoms with E-state index in [2.05, 4.69) is 71.3 Å². The standard InChI is InChI=1S/C21H34O2Si/c1-8-10-19(22-17-9-2)14-11-18-12-15-20(16-13-18)23-24(6,7)21(3,4)5/h8-9,12-13,15-16,19H,1-2,10-11,14,17H2,3-7H3/t19-/m0/s1. The van der Waals surface area contributed by atoms with Gasteiger partial charge in [0.1, 0.15) is 5.75 Å². The Hall–Kier alpha value is -1.32. The number of benzene rings is 1. The second-order valence-corrected chi connectivity index (χ2v) is 12.5. The van der Waals surface area contributed by atoms with Gasteiger partial charge in [-0.25, -0.2) is 0 Å². The largest absolute Gasteiger partial charge is 0.544 e. The summed E-state index contributed by atoms with van der Waals surface area (Å²) in [5, 5.41) is 0.214. The molecular weight excluding hydrogens is 312 g/mol. The van der Waals surface area contributed by atoms with E-state index in [1.165, 1.54) is 5.56 Å². The Morgan fingerprint density at radius 2 is 1.71 bits per heavy atom. The Morgan fingerprint density at radius 1 is 1.08 bits per heavy atom. The SMILES string of the molecule is C=CCO[C@@H](CC=C)CCc1ccc(O[Si](C)(C)C(C)(C)C)cc1. The first-order valence-electron chi connectivity index (χ1n) is 8.81. The van der Waals surface area contributed by atoms with Crippen LogP contribution in [0.4, 0.5) is 0 Å². The molecule has 0 aromatic heterocycles. The maximum absolute atomic E-state index is 6.33. The highest BCUT2D eigenvalue weighted by atomic mass is 28.4. The minimum absolute atomic E-state index is 0.212. The summed E-state index contributed by atoms with van der Waals surface area (Å²) in [6.07, 6.45) is 6.79. The lowest BCUT2D eigenvalue weighted by molar-refractivity contribution is 0.0705. The monoisotopic (exact) mass is 346 g/mol. The molecule has 0 saturated carbocycles. The minimum Gasteiger partial charge on any atom is -0.544 e. The van der Waals surface area contributed by atoms with Crippen molar-refractivity contribution in [1.82, 2.24) is 0 Å². The summed E-state index contributed by atoms with van der Waals surface area (Å²) >= 11 is 0. The van der Waals surface area contributed by atoms with Crippen LogP contribution in [0.15, 0.2) is 49.6 Å². The minimum atomic E-state index is -1.77. The topological polar surface area (TPSA) is 18.5 Å². The molecule has 1 aromatic rings. The predicted molar refractivity (Wildman–Crippen MR) is 107 cm³/mol. The summed E-state index contributed by atoms with van der Waals surface area (Å²) in [6, 6.07) is 8.54. The average Bonchev–Trinajstić information content (AvgIpc) is 2.50. The third kappa shape index (κ3) is 6.66. The molecule has 1 aromatic carbocycles. The van der Waals surface area contributed by atoms with Gasteiger partial charge in [-0.1, -0.05) is 45.1 Å². The summed E-state index contributed by atoms with van der Waals surface area (Å²) < 4.78 is 12.1. The fraction of sp³-hybridized carbons (Fsp3) is 0.524. The molecular formula is C21H34O2Si. The van der Waals surface area contributed by atoms with Crippen LogP contribution in [0, 0.1) is 0 Å². The quantitative estimate of drug-likeness (QED) is 0.373. The first-order valence-corrected chi connectivity index (χ1v) is 11.7. The lowest BCUT2D eigenvalue weighted by Gasteiger charge is -2.36. The second-order valence-electron chi connectivity index (χ2n) is 7.81. The molecule has 2 nitrogen and oxygen atoms in total. The first kappa shape index (κ1) is 20.7. The average molecular weight is 347 g/mol. The van der Waals surface area contributed by atoms with Crippen LogP contribution in [0.5, 0.6) is 5.75 Å². The summed E-state index contributed by atoms with van der Waals surface area (Å²) in [5.41, 5.74) is 1.31. The smallest absolute Gasteiger partial charge is 0.250 e. The van der Waals surface area contributed by atoms with E-state index in [0.29, 0.717) is 6.61 Å². The lowest BCUT2D eigenvalue weighted by Crippen LogP contribution is -2.43. The molecule has 3 heteroatoms. The molecule has 0 unspecified atom stereocenters. The van der Waals surface area contributed by atoms with Crippen molar-refractivity contribution in [2.45, 2.75) is 64.3 Å². The molecule has 0 radical (unpaired) electrons. The van der Waals surface area contributed by atoms with Crippen LogP contribution < -0.4 is 4.43 Å². The van der Waals surface area contributed by atoms with Gasteiger partial charge in [-0.15, -0.1) is 13.2 Å². The van der Waals surface area contributed by atoms with Gasteiger partial charge in [0.05, 0.1) is 12.7 Å². The summed E-state index contributed by atoms with van der Waals surface area (Å²) in [4.78, 5) is 0. The number of rotatable bonds is 10. The number of hydrogen-bond acceptors (Lipinski definition) is 2. The zero-order chi connectivity index (χ0) is 18.2.